The summed E-state index contributed by atoms with van der Waals surface area (Å²) in [6, 6.07) is 5.70. The van der Waals surface area contributed by atoms with Gasteiger partial charge in [-0.05, 0) is 68.6 Å². The molecule has 0 spiro atoms. The summed E-state index contributed by atoms with van der Waals surface area (Å²) in [6.45, 7) is 0. The van der Waals surface area contributed by atoms with E-state index in [-0.39, 0.29) is 16.2 Å². The Morgan fingerprint density at radius 3 is 2.55 bits per heavy atom. The summed E-state index contributed by atoms with van der Waals surface area (Å²) >= 11 is 8.34. The molecule has 4 fully saturated rings. The van der Waals surface area contributed by atoms with Gasteiger partial charge in [0.25, 0.3) is 0 Å². The highest BCUT2D eigenvalue weighted by Crippen LogP contribution is 2.64. The Labute approximate surface area is 179 Å². The number of hydrogen-bond donors (Lipinski definition) is 1. The minimum absolute atomic E-state index is 0.102. The second-order valence-corrected chi connectivity index (χ2v) is 10.6. The van der Waals surface area contributed by atoms with Crippen LogP contribution in [0, 0.1) is 17.3 Å². The van der Waals surface area contributed by atoms with E-state index in [9.17, 15) is 4.79 Å². The summed E-state index contributed by atoms with van der Waals surface area (Å²) in [4.78, 5) is 17.8. The molecule has 29 heavy (non-hydrogen) atoms. The maximum atomic E-state index is 13.3. The zero-order chi connectivity index (χ0) is 20.2. The molecule has 2 atom stereocenters. The number of thiazole rings is 1. The van der Waals surface area contributed by atoms with Gasteiger partial charge in [-0.15, -0.1) is 22.9 Å². The molecule has 1 aromatic carbocycles. The van der Waals surface area contributed by atoms with Crippen molar-refractivity contribution in [2.75, 3.05) is 19.5 Å². The third kappa shape index (κ3) is 3.30. The van der Waals surface area contributed by atoms with Gasteiger partial charge in [0.05, 0.1) is 25.3 Å². The molecular formula is C22H25ClN2O3S. The van der Waals surface area contributed by atoms with E-state index >= 15 is 0 Å². The molecule has 1 amide bonds. The van der Waals surface area contributed by atoms with Gasteiger partial charge in [-0.2, -0.15) is 0 Å². The molecule has 154 valence electrons. The van der Waals surface area contributed by atoms with E-state index < -0.39 is 0 Å². The molecular weight excluding hydrogens is 408 g/mol. The number of aromatic nitrogens is 1. The quantitative estimate of drug-likeness (QED) is 0.647. The van der Waals surface area contributed by atoms with Crippen molar-refractivity contribution >= 4 is 34.0 Å². The molecule has 1 aromatic heterocycles. The molecule has 4 bridgehead atoms. The van der Waals surface area contributed by atoms with Crippen LogP contribution in [0.5, 0.6) is 11.5 Å². The van der Waals surface area contributed by atoms with Crippen LogP contribution in [0.3, 0.4) is 0 Å². The first kappa shape index (κ1) is 19.2. The number of methoxy groups -OCH3 is 2. The van der Waals surface area contributed by atoms with Crippen LogP contribution >= 0.6 is 22.9 Å². The molecule has 0 saturated heterocycles. The van der Waals surface area contributed by atoms with Crippen molar-refractivity contribution in [1.82, 2.24) is 4.98 Å². The van der Waals surface area contributed by atoms with Crippen LogP contribution < -0.4 is 14.8 Å². The number of carbonyl (C=O) groups is 1. The predicted octanol–water partition coefficient (Wildman–Crippen LogP) is 5.34. The lowest BCUT2D eigenvalue weighted by molar-refractivity contribution is -0.138. The van der Waals surface area contributed by atoms with Crippen LogP contribution in [0.25, 0.3) is 11.3 Å². The van der Waals surface area contributed by atoms with Gasteiger partial charge in [-0.1, -0.05) is 0 Å². The summed E-state index contributed by atoms with van der Waals surface area (Å²) in [6.07, 6.45) is 6.12. The molecule has 2 unspecified atom stereocenters. The number of carbonyl (C=O) groups excluding carboxylic acids is 1. The van der Waals surface area contributed by atoms with E-state index in [1.54, 1.807) is 14.2 Å². The van der Waals surface area contributed by atoms with Crippen molar-refractivity contribution in [3.63, 3.8) is 0 Å². The first-order valence-electron chi connectivity index (χ1n) is 10.1. The maximum absolute atomic E-state index is 13.3. The number of amides is 1. The number of anilines is 1. The van der Waals surface area contributed by atoms with E-state index in [2.05, 4.69) is 10.3 Å². The minimum Gasteiger partial charge on any atom is -0.493 e. The lowest BCUT2D eigenvalue weighted by atomic mass is 9.49. The average Bonchev–Trinajstić information content (AvgIpc) is 3.14. The number of benzene rings is 1. The smallest absolute Gasteiger partial charge is 0.232 e. The Morgan fingerprint density at radius 1 is 1.17 bits per heavy atom. The zero-order valence-corrected chi connectivity index (χ0v) is 18.2. The van der Waals surface area contributed by atoms with E-state index in [1.165, 1.54) is 17.8 Å². The Hall–Kier alpha value is -1.79. The highest BCUT2D eigenvalue weighted by Gasteiger charge is 2.60. The molecule has 1 N–H and O–H groups in total. The fourth-order valence-corrected chi connectivity index (χ4v) is 7.51. The molecule has 4 aliphatic carbocycles. The molecule has 4 saturated carbocycles. The second kappa shape index (κ2) is 6.88. The van der Waals surface area contributed by atoms with E-state index in [0.29, 0.717) is 28.5 Å². The largest absolute Gasteiger partial charge is 0.493 e. The van der Waals surface area contributed by atoms with Crippen LogP contribution in [0.15, 0.2) is 23.6 Å². The average molecular weight is 433 g/mol. The topological polar surface area (TPSA) is 60.5 Å². The summed E-state index contributed by atoms with van der Waals surface area (Å²) in [5.41, 5.74) is 1.42. The number of nitrogens with zero attached hydrogens (tertiary/aromatic N) is 1. The normalized spacial score (nSPS) is 32.2. The lowest BCUT2D eigenvalue weighted by Gasteiger charge is -2.59. The molecule has 5 nitrogen and oxygen atoms in total. The lowest BCUT2D eigenvalue weighted by Crippen LogP contribution is -2.57. The van der Waals surface area contributed by atoms with Gasteiger partial charge >= 0.3 is 0 Å². The zero-order valence-electron chi connectivity index (χ0n) is 16.7. The number of alkyl halides is 1. The number of rotatable bonds is 5. The van der Waals surface area contributed by atoms with Gasteiger partial charge in [0.1, 0.15) is 0 Å². The van der Waals surface area contributed by atoms with Gasteiger partial charge in [0, 0.05) is 15.8 Å². The van der Waals surface area contributed by atoms with Crippen molar-refractivity contribution in [1.29, 1.82) is 0 Å². The molecule has 7 heteroatoms. The number of nitrogens with one attached hydrogen (secondary N) is 1. The van der Waals surface area contributed by atoms with Crippen molar-refractivity contribution in [3.05, 3.63) is 23.6 Å². The van der Waals surface area contributed by atoms with Gasteiger partial charge in [0.2, 0.25) is 5.91 Å². The molecule has 1 heterocycles. The fourth-order valence-electron chi connectivity index (χ4n) is 6.11. The highest BCUT2D eigenvalue weighted by molar-refractivity contribution is 7.14. The van der Waals surface area contributed by atoms with Gasteiger partial charge in [-0.3, -0.25) is 4.79 Å². The Morgan fingerprint density at radius 2 is 1.90 bits per heavy atom. The van der Waals surface area contributed by atoms with Gasteiger partial charge in [0.15, 0.2) is 16.6 Å². The Kier molecular flexibility index (Phi) is 4.55. The van der Waals surface area contributed by atoms with Crippen LogP contribution in [0.4, 0.5) is 5.13 Å². The number of halogens is 1. The fraction of sp³-hybridized carbons (Fsp3) is 0.545. The molecule has 2 aromatic rings. The first-order valence-corrected chi connectivity index (χ1v) is 11.4. The SMILES string of the molecule is COc1ccc(-c2csc(NC(=O)C34CC5CC(CC(Cl)(C5)C3)C4)n2)cc1OC. The van der Waals surface area contributed by atoms with Crippen LogP contribution in [0.2, 0.25) is 0 Å². The van der Waals surface area contributed by atoms with E-state index in [0.717, 1.165) is 43.4 Å². The third-order valence-electron chi connectivity index (χ3n) is 6.88. The summed E-state index contributed by atoms with van der Waals surface area (Å²) in [5.74, 6) is 2.63. The molecule has 4 aliphatic rings. The summed E-state index contributed by atoms with van der Waals surface area (Å²) in [7, 11) is 3.23. The highest BCUT2D eigenvalue weighted by atomic mass is 35.5. The number of ether oxygens (including phenoxy) is 2. The molecule has 0 aliphatic heterocycles. The summed E-state index contributed by atoms with van der Waals surface area (Å²) < 4.78 is 10.7. The molecule has 0 radical (unpaired) electrons. The number of hydrogen-bond acceptors (Lipinski definition) is 5. The predicted molar refractivity (Wildman–Crippen MR) is 115 cm³/mol. The molecule has 6 rings (SSSR count). The van der Waals surface area contributed by atoms with Crippen molar-refractivity contribution < 1.29 is 14.3 Å². The maximum Gasteiger partial charge on any atom is 0.232 e. The standard InChI is InChI=1S/C22H25ClN2O3S/c1-27-17-4-3-15(6-18(17)28-2)16-11-29-20(24-16)25-19(26)21-7-13-5-14(8-21)10-22(23,9-13)12-21/h3-4,6,11,13-14H,5,7-10,12H2,1-2H3,(H,24,25,26). The van der Waals surface area contributed by atoms with Crippen molar-refractivity contribution in [2.24, 2.45) is 17.3 Å². The van der Waals surface area contributed by atoms with Crippen molar-refractivity contribution in [2.45, 2.75) is 43.4 Å². The summed E-state index contributed by atoms with van der Waals surface area (Å²) in [5, 5.41) is 5.71. The first-order chi connectivity index (χ1) is 13.9. The second-order valence-electron chi connectivity index (χ2n) is 8.95. The Bertz CT molecular complexity index is 945. The van der Waals surface area contributed by atoms with Crippen LogP contribution in [0.1, 0.15) is 38.5 Å². The minimum atomic E-state index is -0.318. The third-order valence-corrected chi connectivity index (χ3v) is 8.08. The van der Waals surface area contributed by atoms with E-state index in [1.807, 2.05) is 23.6 Å². The van der Waals surface area contributed by atoms with Crippen molar-refractivity contribution in [3.8, 4) is 22.8 Å². The Balaban J connectivity index is 1.35. The van der Waals surface area contributed by atoms with Gasteiger partial charge in [-0.25, -0.2) is 4.98 Å². The van der Waals surface area contributed by atoms with Crippen LogP contribution in [-0.2, 0) is 4.79 Å². The van der Waals surface area contributed by atoms with Gasteiger partial charge < -0.3 is 14.8 Å². The van der Waals surface area contributed by atoms with E-state index in [4.69, 9.17) is 21.1 Å². The monoisotopic (exact) mass is 432 g/mol. The van der Waals surface area contributed by atoms with Crippen LogP contribution in [-0.4, -0.2) is 30.0 Å².